The number of aryl methyl sites for hydroxylation is 1. The Labute approximate surface area is 246 Å². The number of hydrogen-bond acceptors (Lipinski definition) is 6. The first kappa shape index (κ1) is 29.5. The van der Waals surface area contributed by atoms with Crippen molar-refractivity contribution < 1.29 is 19.4 Å². The molecule has 0 aliphatic carbocycles. The van der Waals surface area contributed by atoms with Gasteiger partial charge < -0.3 is 25.0 Å². The number of anilines is 1. The number of hydrogen-bond donors (Lipinski definition) is 2. The molecule has 2 aliphatic rings. The summed E-state index contributed by atoms with van der Waals surface area (Å²) in [5.41, 5.74) is 9.53. The molecule has 0 bridgehead atoms. The summed E-state index contributed by atoms with van der Waals surface area (Å²) in [6.45, 7) is 4.54. The number of nitrogens with two attached hydrogens (primary N) is 1. The topological polar surface area (TPSA) is 118 Å². The van der Waals surface area contributed by atoms with Crippen LogP contribution in [0.3, 0.4) is 0 Å². The molecule has 3 N–H and O–H groups in total. The van der Waals surface area contributed by atoms with Crippen molar-refractivity contribution in [1.29, 1.82) is 0 Å². The first-order valence-corrected chi connectivity index (χ1v) is 14.9. The van der Waals surface area contributed by atoms with Crippen LogP contribution in [0.4, 0.5) is 5.69 Å². The summed E-state index contributed by atoms with van der Waals surface area (Å²) in [7, 11) is 0. The van der Waals surface area contributed by atoms with E-state index in [1.54, 1.807) is 27.8 Å². The second-order valence-electron chi connectivity index (χ2n) is 11.2. The quantitative estimate of drug-likeness (QED) is 0.340. The first-order valence-electron chi connectivity index (χ1n) is 14.9. The van der Waals surface area contributed by atoms with Crippen LogP contribution in [-0.2, 0) is 29.1 Å². The maximum atomic E-state index is 14.0. The molecule has 1 saturated heterocycles. The summed E-state index contributed by atoms with van der Waals surface area (Å²) in [6.07, 6.45) is 4.72. The van der Waals surface area contributed by atoms with Crippen LogP contribution < -0.4 is 20.9 Å². The lowest BCUT2D eigenvalue weighted by molar-refractivity contribution is -0.143. The van der Waals surface area contributed by atoms with Crippen LogP contribution in [0, 0.1) is 5.92 Å². The number of aromatic nitrogens is 1. The van der Waals surface area contributed by atoms with Crippen molar-refractivity contribution in [1.82, 2.24) is 9.47 Å². The van der Waals surface area contributed by atoms with Gasteiger partial charge in [0, 0.05) is 62.5 Å². The summed E-state index contributed by atoms with van der Waals surface area (Å²) >= 11 is 0. The molecule has 5 rings (SSSR count). The van der Waals surface area contributed by atoms with E-state index in [-0.39, 0.29) is 23.9 Å². The molecule has 9 nitrogen and oxygen atoms in total. The van der Waals surface area contributed by atoms with Crippen molar-refractivity contribution in [2.45, 2.75) is 57.7 Å². The molecule has 0 spiro atoms. The Morgan fingerprint density at radius 3 is 2.74 bits per heavy atom. The van der Waals surface area contributed by atoms with E-state index in [0.717, 1.165) is 47.4 Å². The van der Waals surface area contributed by atoms with Crippen molar-refractivity contribution >= 4 is 17.6 Å². The molecule has 0 saturated carbocycles. The Morgan fingerprint density at radius 2 is 1.98 bits per heavy atom. The Balaban J connectivity index is 1.46. The Bertz CT molecular complexity index is 1470. The highest BCUT2D eigenvalue weighted by atomic mass is 16.5. The zero-order valence-electron chi connectivity index (χ0n) is 24.2. The van der Waals surface area contributed by atoms with E-state index in [0.29, 0.717) is 39.2 Å². The van der Waals surface area contributed by atoms with Gasteiger partial charge in [0.25, 0.3) is 0 Å². The lowest BCUT2D eigenvalue weighted by Crippen LogP contribution is -2.45. The van der Waals surface area contributed by atoms with Crippen molar-refractivity contribution in [3.05, 3.63) is 93.9 Å². The molecule has 1 amide bonds. The molecule has 1 unspecified atom stereocenters. The molecule has 1 fully saturated rings. The number of carbonyl (C=O) groups excluding carboxylic acids is 1. The van der Waals surface area contributed by atoms with E-state index in [1.807, 2.05) is 41.3 Å². The third-order valence-electron chi connectivity index (χ3n) is 8.57. The summed E-state index contributed by atoms with van der Waals surface area (Å²) in [6, 6.07) is 18.2. The molecule has 42 heavy (non-hydrogen) atoms. The molecule has 3 heterocycles. The van der Waals surface area contributed by atoms with Crippen LogP contribution in [0.5, 0.6) is 5.75 Å². The van der Waals surface area contributed by atoms with Crippen molar-refractivity contribution in [2.75, 3.05) is 31.1 Å². The molecule has 222 valence electrons. The largest absolute Gasteiger partial charge is 0.493 e. The van der Waals surface area contributed by atoms with Gasteiger partial charge in [0.2, 0.25) is 11.5 Å². The molecule has 9 heteroatoms. The number of pyridine rings is 1. The minimum Gasteiger partial charge on any atom is -0.493 e. The number of rotatable bonds is 12. The number of likely N-dealkylation sites (tertiary alicyclic amines) is 1. The highest BCUT2D eigenvalue weighted by molar-refractivity contribution is 5.95. The fourth-order valence-corrected chi connectivity index (χ4v) is 6.37. The van der Waals surface area contributed by atoms with Gasteiger partial charge >= 0.3 is 5.97 Å². The van der Waals surface area contributed by atoms with Gasteiger partial charge in [-0.15, -0.1) is 0 Å². The number of ether oxygens (including phenoxy) is 1. The van der Waals surface area contributed by atoms with Crippen LogP contribution >= 0.6 is 0 Å². The Kier molecular flexibility index (Phi) is 9.39. The SMILES string of the molecule is CCCCN(C(=O)CN1C[C@H](c2ccc3c(c2)CCO3)C(C(=O)O)[C@@H]1CCn1ccccc1=O)c1cccc(CN)c1. The lowest BCUT2D eigenvalue weighted by atomic mass is 9.83. The number of unbranched alkanes of at least 4 members (excludes halogenated alkanes) is 1. The fraction of sp³-hybridized carbons (Fsp3) is 0.424. The number of carbonyl (C=O) groups is 2. The van der Waals surface area contributed by atoms with Crippen molar-refractivity contribution in [2.24, 2.45) is 11.7 Å². The second kappa shape index (κ2) is 13.4. The molecule has 2 aromatic carbocycles. The average Bonchev–Trinajstić information content (AvgIpc) is 3.61. The maximum absolute atomic E-state index is 14.0. The van der Waals surface area contributed by atoms with E-state index >= 15 is 0 Å². The zero-order valence-corrected chi connectivity index (χ0v) is 24.2. The molecular weight excluding hydrogens is 532 g/mol. The van der Waals surface area contributed by atoms with E-state index in [4.69, 9.17) is 10.5 Å². The molecule has 2 aliphatic heterocycles. The van der Waals surface area contributed by atoms with E-state index in [2.05, 4.69) is 13.0 Å². The standard InChI is InChI=1S/C33H40N4O5/c1-2-3-15-37(26-8-6-7-23(18-26)20-34)31(39)22-36-21-27(24-10-11-29-25(19-24)13-17-42-29)32(33(40)41)28(36)12-16-35-14-5-4-9-30(35)38/h4-11,14,18-19,27-28,32H,2-3,12-13,15-17,20-22,34H2,1H3,(H,40,41)/t27-,28+,32?/m1/s1. The number of carboxylic acids is 1. The van der Waals surface area contributed by atoms with Crippen LogP contribution in [0.1, 0.15) is 48.8 Å². The Hall–Kier alpha value is -3.95. The van der Waals surface area contributed by atoms with Crippen LogP contribution in [0.15, 0.2) is 71.7 Å². The van der Waals surface area contributed by atoms with E-state index in [1.165, 1.54) is 6.07 Å². The number of nitrogens with zero attached hydrogens (tertiary/aromatic N) is 3. The van der Waals surface area contributed by atoms with Crippen LogP contribution in [0.2, 0.25) is 0 Å². The van der Waals surface area contributed by atoms with Gasteiger partial charge in [-0.2, -0.15) is 0 Å². The fourth-order valence-electron chi connectivity index (χ4n) is 6.37. The van der Waals surface area contributed by atoms with E-state index in [9.17, 15) is 19.5 Å². The van der Waals surface area contributed by atoms with Gasteiger partial charge in [-0.25, -0.2) is 0 Å². The van der Waals surface area contributed by atoms with E-state index < -0.39 is 17.9 Å². The lowest BCUT2D eigenvalue weighted by Gasteiger charge is -2.30. The second-order valence-corrected chi connectivity index (χ2v) is 11.2. The highest BCUT2D eigenvalue weighted by Crippen LogP contribution is 2.41. The summed E-state index contributed by atoms with van der Waals surface area (Å²) in [5, 5.41) is 10.5. The van der Waals surface area contributed by atoms with Gasteiger partial charge in [0.1, 0.15) is 5.75 Å². The third-order valence-corrected chi connectivity index (χ3v) is 8.57. The normalized spacial score (nSPS) is 19.8. The number of benzene rings is 2. The van der Waals surface area contributed by atoms with Crippen molar-refractivity contribution in [3.8, 4) is 5.75 Å². The smallest absolute Gasteiger partial charge is 0.308 e. The maximum Gasteiger partial charge on any atom is 0.308 e. The van der Waals surface area contributed by atoms with Crippen molar-refractivity contribution in [3.63, 3.8) is 0 Å². The minimum absolute atomic E-state index is 0.0772. The third kappa shape index (κ3) is 6.42. The zero-order chi connectivity index (χ0) is 29.6. The minimum atomic E-state index is -0.893. The van der Waals surface area contributed by atoms with Gasteiger partial charge in [-0.05, 0) is 53.8 Å². The predicted molar refractivity (Wildman–Crippen MR) is 162 cm³/mol. The molecule has 1 aromatic heterocycles. The van der Waals surface area contributed by atoms with Crippen LogP contribution in [0.25, 0.3) is 0 Å². The molecule has 3 aromatic rings. The summed E-state index contributed by atoms with van der Waals surface area (Å²) in [4.78, 5) is 43.1. The highest BCUT2D eigenvalue weighted by Gasteiger charge is 2.47. The summed E-state index contributed by atoms with van der Waals surface area (Å²) in [5.74, 6) is -1.16. The molecular formula is C33H40N4O5. The monoisotopic (exact) mass is 572 g/mol. The number of aliphatic carboxylic acids is 1. The van der Waals surface area contributed by atoms with Gasteiger partial charge in [-0.3, -0.25) is 19.3 Å². The molecule has 3 atom stereocenters. The van der Waals surface area contributed by atoms with Crippen LogP contribution in [-0.4, -0.2) is 58.7 Å². The predicted octanol–water partition coefficient (Wildman–Crippen LogP) is 3.63. The number of amides is 1. The van der Waals surface area contributed by atoms with Gasteiger partial charge in [-0.1, -0.05) is 43.7 Å². The number of carboxylic acid groups (broad SMARTS) is 1. The Morgan fingerprint density at radius 1 is 1.12 bits per heavy atom. The average molecular weight is 573 g/mol. The molecule has 0 radical (unpaired) electrons. The van der Waals surface area contributed by atoms with Gasteiger partial charge in [0.15, 0.2) is 0 Å². The van der Waals surface area contributed by atoms with Gasteiger partial charge in [0.05, 0.1) is 19.1 Å². The number of fused-ring (bicyclic) bond motifs is 1. The summed E-state index contributed by atoms with van der Waals surface area (Å²) < 4.78 is 7.29. The first-order chi connectivity index (χ1) is 20.4.